The molecule has 0 unspecified atom stereocenters. The van der Waals surface area contributed by atoms with Crippen LogP contribution in [0.2, 0.25) is 10.0 Å². The van der Waals surface area contributed by atoms with Crippen LogP contribution in [0.15, 0.2) is 24.4 Å². The first-order valence-electron chi connectivity index (χ1n) is 8.07. The molecule has 2 heterocycles. The number of rotatable bonds is 5. The van der Waals surface area contributed by atoms with Gasteiger partial charge in [0.2, 0.25) is 0 Å². The number of methoxy groups -OCH3 is 2. The molecule has 0 aliphatic heterocycles. The Labute approximate surface area is 169 Å². The largest absolute Gasteiger partial charge is 0.494 e. The Morgan fingerprint density at radius 1 is 1.21 bits per heavy atom. The third-order valence-electron chi connectivity index (χ3n) is 4.39. The van der Waals surface area contributed by atoms with Crippen molar-refractivity contribution in [1.82, 2.24) is 9.55 Å². The molecule has 2 aromatic heterocycles. The number of pyridine rings is 1. The zero-order valence-corrected chi connectivity index (χ0v) is 16.7. The molecule has 6 nitrogen and oxygen atoms in total. The number of hydrogen-bond acceptors (Lipinski definition) is 5. The van der Waals surface area contributed by atoms with Crippen LogP contribution < -0.4 is 4.74 Å². The van der Waals surface area contributed by atoms with Gasteiger partial charge >= 0.3 is 5.97 Å². The standard InChI is InChI=1S/C19H15Cl2FN2O4/c1-9-17(18(25)19(26)28-3)11-5-16(27-2)13(22)6-15(11)24(9)8-14-12(21)4-10(20)7-23-14/h4-7H,8H2,1-3H3. The zero-order valence-electron chi connectivity index (χ0n) is 15.2. The minimum absolute atomic E-state index is 0.0498. The van der Waals surface area contributed by atoms with Crippen LogP contribution in [0.25, 0.3) is 10.9 Å². The number of Topliss-reactive ketones (excluding diaryl/α,β-unsaturated/α-hetero) is 1. The number of fused-ring (bicyclic) bond motifs is 1. The Bertz CT molecular complexity index is 1110. The van der Waals surface area contributed by atoms with Crippen molar-refractivity contribution in [2.45, 2.75) is 13.5 Å². The average molecular weight is 425 g/mol. The lowest BCUT2D eigenvalue weighted by Gasteiger charge is -2.10. The van der Waals surface area contributed by atoms with Crippen LogP contribution in [0.3, 0.4) is 0 Å². The second-order valence-corrected chi connectivity index (χ2v) is 6.80. The summed E-state index contributed by atoms with van der Waals surface area (Å²) in [7, 11) is 2.43. The highest BCUT2D eigenvalue weighted by Gasteiger charge is 2.27. The van der Waals surface area contributed by atoms with Gasteiger partial charge in [-0.3, -0.25) is 9.78 Å². The highest BCUT2D eigenvalue weighted by atomic mass is 35.5. The lowest BCUT2D eigenvalue weighted by atomic mass is 10.1. The van der Waals surface area contributed by atoms with Crippen molar-refractivity contribution in [2.75, 3.05) is 14.2 Å². The first kappa shape index (κ1) is 20.1. The Morgan fingerprint density at radius 2 is 1.93 bits per heavy atom. The predicted molar refractivity (Wildman–Crippen MR) is 103 cm³/mol. The summed E-state index contributed by atoms with van der Waals surface area (Å²) in [5.74, 6) is -2.52. The van der Waals surface area contributed by atoms with Crippen molar-refractivity contribution < 1.29 is 23.5 Å². The smallest absolute Gasteiger partial charge is 0.379 e. The highest BCUT2D eigenvalue weighted by Crippen LogP contribution is 2.33. The van der Waals surface area contributed by atoms with Gasteiger partial charge < -0.3 is 14.0 Å². The van der Waals surface area contributed by atoms with E-state index in [9.17, 15) is 14.0 Å². The molecule has 3 aromatic rings. The minimum atomic E-state index is -1.02. The molecule has 0 radical (unpaired) electrons. The Hall–Kier alpha value is -2.64. The highest BCUT2D eigenvalue weighted by molar-refractivity contribution is 6.43. The van der Waals surface area contributed by atoms with Crippen LogP contribution in [0.1, 0.15) is 21.7 Å². The van der Waals surface area contributed by atoms with Gasteiger partial charge in [0.15, 0.2) is 11.6 Å². The van der Waals surface area contributed by atoms with Gasteiger partial charge in [0.1, 0.15) is 0 Å². The minimum Gasteiger partial charge on any atom is -0.494 e. The van der Waals surface area contributed by atoms with Crippen LogP contribution in [0.4, 0.5) is 4.39 Å². The van der Waals surface area contributed by atoms with E-state index in [2.05, 4.69) is 9.72 Å². The van der Waals surface area contributed by atoms with E-state index in [0.717, 1.165) is 7.11 Å². The third-order valence-corrected chi connectivity index (χ3v) is 4.92. The molecule has 0 amide bonds. The van der Waals surface area contributed by atoms with Gasteiger partial charge in [0.05, 0.1) is 47.6 Å². The Kier molecular flexibility index (Phi) is 5.58. The van der Waals surface area contributed by atoms with E-state index in [1.165, 1.54) is 31.5 Å². The number of esters is 1. The number of ketones is 1. The number of hydrogen-bond donors (Lipinski definition) is 0. The monoisotopic (exact) mass is 424 g/mol. The number of carbonyl (C=O) groups excluding carboxylic acids is 2. The summed E-state index contributed by atoms with van der Waals surface area (Å²) in [6, 6.07) is 4.15. The molecule has 0 aliphatic rings. The van der Waals surface area contributed by atoms with E-state index >= 15 is 0 Å². The van der Waals surface area contributed by atoms with Gasteiger partial charge in [-0.05, 0) is 19.1 Å². The summed E-state index contributed by atoms with van der Waals surface area (Å²) in [6.45, 7) is 1.78. The molecule has 0 saturated carbocycles. The number of ether oxygens (including phenoxy) is 2. The molecule has 0 spiro atoms. The summed E-state index contributed by atoms with van der Waals surface area (Å²) < 4.78 is 25.6. The second kappa shape index (κ2) is 7.77. The van der Waals surface area contributed by atoms with Gasteiger partial charge in [-0.1, -0.05) is 23.2 Å². The molecule has 1 aromatic carbocycles. The first-order chi connectivity index (χ1) is 13.3. The fourth-order valence-corrected chi connectivity index (χ4v) is 3.47. The van der Waals surface area contributed by atoms with Crippen LogP contribution in [0, 0.1) is 12.7 Å². The Morgan fingerprint density at radius 3 is 2.54 bits per heavy atom. The molecule has 0 N–H and O–H groups in total. The van der Waals surface area contributed by atoms with E-state index in [-0.39, 0.29) is 17.9 Å². The molecular formula is C19H15Cl2FN2O4. The molecule has 0 atom stereocenters. The van der Waals surface area contributed by atoms with Gasteiger partial charge in [0.25, 0.3) is 5.78 Å². The number of benzene rings is 1. The molecule has 28 heavy (non-hydrogen) atoms. The third kappa shape index (κ3) is 3.43. The number of carbonyl (C=O) groups is 2. The van der Waals surface area contributed by atoms with Gasteiger partial charge in [-0.25, -0.2) is 9.18 Å². The first-order valence-corrected chi connectivity index (χ1v) is 8.83. The number of nitrogens with zero attached hydrogens (tertiary/aromatic N) is 2. The quantitative estimate of drug-likeness (QED) is 0.348. The maximum atomic E-state index is 14.4. The number of aromatic nitrogens is 2. The fraction of sp³-hybridized carbons (Fsp3) is 0.211. The lowest BCUT2D eigenvalue weighted by molar-refractivity contribution is -0.135. The van der Waals surface area contributed by atoms with Crippen molar-refractivity contribution in [1.29, 1.82) is 0 Å². The molecule has 3 rings (SSSR count). The summed E-state index contributed by atoms with van der Waals surface area (Å²) >= 11 is 12.1. The summed E-state index contributed by atoms with van der Waals surface area (Å²) in [5.41, 5.74) is 1.39. The zero-order chi connectivity index (χ0) is 20.6. The van der Waals surface area contributed by atoms with E-state index in [1.54, 1.807) is 11.5 Å². The van der Waals surface area contributed by atoms with Crippen LogP contribution in [-0.2, 0) is 16.1 Å². The van der Waals surface area contributed by atoms with E-state index < -0.39 is 17.6 Å². The van der Waals surface area contributed by atoms with Gasteiger partial charge in [-0.15, -0.1) is 0 Å². The predicted octanol–water partition coefficient (Wildman–Crippen LogP) is 4.20. The summed E-state index contributed by atoms with van der Waals surface area (Å²) in [4.78, 5) is 28.6. The van der Waals surface area contributed by atoms with Crippen molar-refractivity contribution in [3.05, 3.63) is 57.2 Å². The van der Waals surface area contributed by atoms with Crippen LogP contribution in [0.5, 0.6) is 5.75 Å². The summed E-state index contributed by atoms with van der Waals surface area (Å²) in [5, 5.41) is 1.06. The van der Waals surface area contributed by atoms with Crippen molar-refractivity contribution in [3.63, 3.8) is 0 Å². The molecule has 0 bridgehead atoms. The van der Waals surface area contributed by atoms with E-state index in [4.69, 9.17) is 27.9 Å². The SMILES string of the molecule is COC(=O)C(=O)c1c(C)n(Cc2ncc(Cl)cc2Cl)c2cc(F)c(OC)cc12. The van der Waals surface area contributed by atoms with Crippen molar-refractivity contribution >= 4 is 45.9 Å². The Balaban J connectivity index is 2.27. The molecule has 9 heteroatoms. The van der Waals surface area contributed by atoms with E-state index in [0.29, 0.717) is 32.3 Å². The lowest BCUT2D eigenvalue weighted by Crippen LogP contribution is -2.17. The molecule has 0 fully saturated rings. The fourth-order valence-electron chi connectivity index (χ4n) is 3.03. The topological polar surface area (TPSA) is 70.4 Å². The van der Waals surface area contributed by atoms with Crippen molar-refractivity contribution in [3.8, 4) is 5.75 Å². The van der Waals surface area contributed by atoms with E-state index in [1.807, 2.05) is 0 Å². The van der Waals surface area contributed by atoms with Crippen LogP contribution >= 0.6 is 23.2 Å². The maximum absolute atomic E-state index is 14.4. The van der Waals surface area contributed by atoms with Gasteiger partial charge in [0, 0.05) is 23.3 Å². The molecule has 146 valence electrons. The van der Waals surface area contributed by atoms with Gasteiger partial charge in [-0.2, -0.15) is 0 Å². The normalized spacial score (nSPS) is 10.9. The van der Waals surface area contributed by atoms with Crippen molar-refractivity contribution in [2.24, 2.45) is 0 Å². The molecular weight excluding hydrogens is 410 g/mol. The number of halogens is 3. The second-order valence-electron chi connectivity index (χ2n) is 5.95. The summed E-state index contributed by atoms with van der Waals surface area (Å²) in [6.07, 6.45) is 1.44. The average Bonchev–Trinajstić information content (AvgIpc) is 2.92. The maximum Gasteiger partial charge on any atom is 0.379 e. The molecule has 0 saturated heterocycles. The molecule has 0 aliphatic carbocycles. The van der Waals surface area contributed by atoms with Crippen LogP contribution in [-0.4, -0.2) is 35.5 Å².